The number of hydrogen-bond donors (Lipinski definition) is 0. The number of benzene rings is 2. The summed E-state index contributed by atoms with van der Waals surface area (Å²) in [6.45, 7) is 0. The highest BCUT2D eigenvalue weighted by atomic mass is 35.5. The third-order valence-electron chi connectivity index (χ3n) is 2.73. The number of ether oxygens (including phenoxy) is 1. The fourth-order valence-electron chi connectivity index (χ4n) is 1.75. The second kappa shape index (κ2) is 5.53. The van der Waals surface area contributed by atoms with E-state index in [1.807, 2.05) is 0 Å². The number of halogens is 4. The van der Waals surface area contributed by atoms with Gasteiger partial charge in [-0.1, -0.05) is 12.1 Å². The van der Waals surface area contributed by atoms with Crippen LogP contribution in [-0.4, -0.2) is 7.11 Å². The lowest BCUT2D eigenvalue weighted by molar-refractivity contribution is 0.410. The van der Waals surface area contributed by atoms with E-state index in [2.05, 4.69) is 0 Å². The Balaban J connectivity index is 2.47. The number of methoxy groups -OCH3 is 1. The molecule has 2 aromatic rings. The van der Waals surface area contributed by atoms with Crippen LogP contribution in [0.25, 0.3) is 0 Å². The van der Waals surface area contributed by atoms with Crippen LogP contribution in [0.1, 0.15) is 16.5 Å². The third-order valence-corrected chi connectivity index (χ3v) is 3.19. The fourth-order valence-corrected chi connectivity index (χ4v) is 2.13. The van der Waals surface area contributed by atoms with Crippen LogP contribution >= 0.6 is 11.6 Å². The van der Waals surface area contributed by atoms with Crippen LogP contribution in [0.4, 0.5) is 13.2 Å². The highest BCUT2D eigenvalue weighted by Gasteiger charge is 2.22. The Morgan fingerprint density at radius 1 is 1.00 bits per heavy atom. The Hall–Kier alpha value is -1.68. The summed E-state index contributed by atoms with van der Waals surface area (Å²) in [6, 6.07) is 7.32. The average Bonchev–Trinajstić information content (AvgIpc) is 2.38. The monoisotopic (exact) mass is 286 g/mol. The van der Waals surface area contributed by atoms with Crippen molar-refractivity contribution >= 4 is 11.6 Å². The van der Waals surface area contributed by atoms with Gasteiger partial charge in [-0.05, 0) is 18.2 Å². The molecular formula is C14H10ClF3O. The molecule has 0 saturated carbocycles. The molecule has 0 aliphatic carbocycles. The van der Waals surface area contributed by atoms with Crippen molar-refractivity contribution in [3.63, 3.8) is 0 Å². The molecule has 0 saturated heterocycles. The lowest BCUT2D eigenvalue weighted by Crippen LogP contribution is -2.03. The van der Waals surface area contributed by atoms with Gasteiger partial charge in [0.25, 0.3) is 0 Å². The van der Waals surface area contributed by atoms with Crippen molar-refractivity contribution in [3.05, 3.63) is 65.0 Å². The Morgan fingerprint density at radius 3 is 2.16 bits per heavy atom. The van der Waals surface area contributed by atoms with Crippen molar-refractivity contribution < 1.29 is 17.9 Å². The van der Waals surface area contributed by atoms with Crippen molar-refractivity contribution in [2.45, 2.75) is 5.38 Å². The van der Waals surface area contributed by atoms with Crippen LogP contribution < -0.4 is 4.74 Å². The molecule has 0 heterocycles. The molecule has 0 spiro atoms. The first kappa shape index (κ1) is 13.7. The Labute approximate surface area is 113 Å². The molecule has 2 aromatic carbocycles. The van der Waals surface area contributed by atoms with Gasteiger partial charge in [-0.25, -0.2) is 13.2 Å². The van der Waals surface area contributed by atoms with Gasteiger partial charge in [0, 0.05) is 17.2 Å². The predicted octanol–water partition coefficient (Wildman–Crippen LogP) is 4.44. The van der Waals surface area contributed by atoms with E-state index in [-0.39, 0.29) is 11.1 Å². The Morgan fingerprint density at radius 2 is 1.63 bits per heavy atom. The van der Waals surface area contributed by atoms with Crippen LogP contribution in [-0.2, 0) is 0 Å². The Bertz CT molecular complexity index is 581. The van der Waals surface area contributed by atoms with E-state index in [4.69, 9.17) is 16.3 Å². The number of hydrogen-bond acceptors (Lipinski definition) is 1. The van der Waals surface area contributed by atoms with Gasteiger partial charge in [0.15, 0.2) is 0 Å². The normalized spacial score (nSPS) is 12.3. The zero-order chi connectivity index (χ0) is 14.0. The van der Waals surface area contributed by atoms with E-state index in [1.165, 1.54) is 25.3 Å². The first-order valence-corrected chi connectivity index (χ1v) is 5.89. The van der Waals surface area contributed by atoms with E-state index in [0.29, 0.717) is 5.75 Å². The highest BCUT2D eigenvalue weighted by Crippen LogP contribution is 2.34. The minimum atomic E-state index is -1.24. The van der Waals surface area contributed by atoms with Crippen molar-refractivity contribution in [2.75, 3.05) is 7.11 Å². The minimum Gasteiger partial charge on any atom is -0.497 e. The molecule has 0 radical (unpaired) electrons. The van der Waals surface area contributed by atoms with Crippen molar-refractivity contribution in [3.8, 4) is 5.75 Å². The summed E-state index contributed by atoms with van der Waals surface area (Å²) in [4.78, 5) is 0. The summed E-state index contributed by atoms with van der Waals surface area (Å²) in [6.07, 6.45) is 0. The molecule has 0 amide bonds. The zero-order valence-electron chi connectivity index (χ0n) is 9.96. The van der Waals surface area contributed by atoms with E-state index < -0.39 is 22.8 Å². The molecule has 0 fully saturated rings. The molecule has 0 N–H and O–H groups in total. The van der Waals surface area contributed by atoms with E-state index in [9.17, 15) is 13.2 Å². The van der Waals surface area contributed by atoms with Crippen LogP contribution in [0.15, 0.2) is 36.4 Å². The van der Waals surface area contributed by atoms with Gasteiger partial charge in [-0.15, -0.1) is 11.6 Å². The van der Waals surface area contributed by atoms with Gasteiger partial charge >= 0.3 is 0 Å². The van der Waals surface area contributed by atoms with Crippen molar-refractivity contribution in [1.82, 2.24) is 0 Å². The first-order chi connectivity index (χ1) is 9.04. The predicted molar refractivity (Wildman–Crippen MR) is 67.0 cm³/mol. The second-order valence-corrected chi connectivity index (χ2v) is 4.32. The van der Waals surface area contributed by atoms with Crippen molar-refractivity contribution in [2.24, 2.45) is 0 Å². The summed E-state index contributed by atoms with van der Waals surface area (Å²) in [7, 11) is 1.39. The highest BCUT2D eigenvalue weighted by molar-refractivity contribution is 6.22. The van der Waals surface area contributed by atoms with Gasteiger partial charge in [0.05, 0.1) is 12.5 Å². The molecule has 1 atom stereocenters. The van der Waals surface area contributed by atoms with Crippen LogP contribution in [0.3, 0.4) is 0 Å². The SMILES string of the molecule is COc1ccc(C(Cl)c2c(F)cccc2F)c(F)c1. The summed E-state index contributed by atoms with van der Waals surface area (Å²) in [5, 5.41) is -1.24. The molecule has 2 rings (SSSR count). The van der Waals surface area contributed by atoms with Crippen molar-refractivity contribution in [1.29, 1.82) is 0 Å². The quantitative estimate of drug-likeness (QED) is 0.758. The molecule has 0 bridgehead atoms. The molecule has 0 aliphatic heterocycles. The van der Waals surface area contributed by atoms with Gasteiger partial charge in [-0.2, -0.15) is 0 Å². The smallest absolute Gasteiger partial charge is 0.131 e. The molecule has 0 aromatic heterocycles. The number of alkyl halides is 1. The average molecular weight is 287 g/mol. The number of rotatable bonds is 3. The Kier molecular flexibility index (Phi) is 4.00. The fraction of sp³-hybridized carbons (Fsp3) is 0.143. The maximum Gasteiger partial charge on any atom is 0.131 e. The molecule has 5 heteroatoms. The lowest BCUT2D eigenvalue weighted by atomic mass is 10.0. The summed E-state index contributed by atoms with van der Waals surface area (Å²) in [5.74, 6) is -1.99. The van der Waals surface area contributed by atoms with Gasteiger partial charge in [0.1, 0.15) is 23.2 Å². The molecule has 0 aliphatic rings. The summed E-state index contributed by atoms with van der Waals surface area (Å²) >= 11 is 5.98. The molecule has 1 unspecified atom stereocenters. The minimum absolute atomic E-state index is 0.00790. The lowest BCUT2D eigenvalue weighted by Gasteiger charge is -2.13. The van der Waals surface area contributed by atoms with Gasteiger partial charge in [0.2, 0.25) is 0 Å². The maximum absolute atomic E-state index is 13.8. The van der Waals surface area contributed by atoms with Crippen LogP contribution in [0, 0.1) is 17.5 Å². The zero-order valence-corrected chi connectivity index (χ0v) is 10.7. The van der Waals surface area contributed by atoms with E-state index >= 15 is 0 Å². The van der Waals surface area contributed by atoms with Gasteiger partial charge in [-0.3, -0.25) is 0 Å². The van der Waals surface area contributed by atoms with Crippen LogP contribution in [0.5, 0.6) is 5.75 Å². The van der Waals surface area contributed by atoms with E-state index in [0.717, 1.165) is 18.2 Å². The first-order valence-electron chi connectivity index (χ1n) is 5.46. The summed E-state index contributed by atoms with van der Waals surface area (Å²) < 4.78 is 45.9. The standard InChI is InChI=1S/C14H10ClF3O/c1-19-8-5-6-9(12(18)7-8)14(15)13-10(16)3-2-4-11(13)17/h2-7,14H,1H3. The maximum atomic E-state index is 13.8. The van der Waals surface area contributed by atoms with Crippen LogP contribution in [0.2, 0.25) is 0 Å². The van der Waals surface area contributed by atoms with E-state index in [1.54, 1.807) is 0 Å². The van der Waals surface area contributed by atoms with Gasteiger partial charge < -0.3 is 4.74 Å². The molecule has 1 nitrogen and oxygen atoms in total. The molecule has 100 valence electrons. The topological polar surface area (TPSA) is 9.23 Å². The second-order valence-electron chi connectivity index (χ2n) is 3.89. The largest absolute Gasteiger partial charge is 0.497 e. The summed E-state index contributed by atoms with van der Waals surface area (Å²) in [5.41, 5.74) is -0.375. The third kappa shape index (κ3) is 2.68. The molecule has 19 heavy (non-hydrogen) atoms. The molecular weight excluding hydrogens is 277 g/mol.